The number of non-ortho nitro benzene ring substituents is 1. The molecule has 0 aliphatic heterocycles. The minimum absolute atomic E-state index is 0.194. The smallest absolute Gasteiger partial charge is 0.345 e. The van der Waals surface area contributed by atoms with Crippen molar-refractivity contribution in [3.8, 4) is 0 Å². The van der Waals surface area contributed by atoms with Gasteiger partial charge in [-0.1, -0.05) is 17.7 Å². The number of nitro groups is 1. The zero-order valence-electron chi connectivity index (χ0n) is 16.9. The van der Waals surface area contributed by atoms with Crippen LogP contribution in [0.25, 0.3) is 10.9 Å². The van der Waals surface area contributed by atoms with Crippen LogP contribution in [0.5, 0.6) is 0 Å². The van der Waals surface area contributed by atoms with Crippen molar-refractivity contribution < 1.29 is 26.5 Å². The fourth-order valence-corrected chi connectivity index (χ4v) is 5.35. The molecule has 1 unspecified atom stereocenters. The van der Waals surface area contributed by atoms with Crippen molar-refractivity contribution in [2.45, 2.75) is 44.4 Å². The van der Waals surface area contributed by atoms with E-state index in [1.54, 1.807) is 23.8 Å². The highest BCUT2D eigenvalue weighted by atomic mass is 32.2. The molecule has 1 atom stereocenters. The number of nitro benzene ring substituents is 1. The second-order valence-corrected chi connectivity index (χ2v) is 9.06. The third-order valence-electron chi connectivity index (χ3n) is 4.91. The maximum absolute atomic E-state index is 13.8. The molecule has 0 aliphatic carbocycles. The summed E-state index contributed by atoms with van der Waals surface area (Å²) in [4.78, 5) is 10.2. The predicted molar refractivity (Wildman–Crippen MR) is 109 cm³/mol. The average Bonchev–Trinajstić information content (AvgIpc) is 3.01. The molecule has 1 heterocycles. The monoisotopic (exact) mass is 455 g/mol. The van der Waals surface area contributed by atoms with Crippen molar-refractivity contribution in [1.29, 1.82) is 0 Å². The molecule has 7 nitrogen and oxygen atoms in total. The quantitative estimate of drug-likeness (QED) is 0.441. The minimum atomic E-state index is -4.89. The van der Waals surface area contributed by atoms with Gasteiger partial charge in [-0.3, -0.25) is 10.1 Å². The lowest BCUT2D eigenvalue weighted by atomic mass is 10.1. The lowest BCUT2D eigenvalue weighted by Crippen LogP contribution is -2.48. The van der Waals surface area contributed by atoms with Gasteiger partial charge in [0, 0.05) is 30.3 Å². The number of aryl methyl sites for hydroxylation is 3. The first-order valence-corrected chi connectivity index (χ1v) is 10.7. The number of rotatable bonds is 6. The van der Waals surface area contributed by atoms with E-state index in [9.17, 15) is 31.7 Å². The molecule has 11 heteroatoms. The lowest BCUT2D eigenvalue weighted by Gasteiger charge is -2.23. The number of sulfonamides is 1. The summed E-state index contributed by atoms with van der Waals surface area (Å²) in [7, 11) is -4.49. The van der Waals surface area contributed by atoms with E-state index in [0.717, 1.165) is 16.2 Å². The number of nitrogens with zero attached hydrogens (tertiary/aromatic N) is 2. The fraction of sp³-hybridized carbons (Fsp3) is 0.300. The number of benzene rings is 2. The first-order valence-electron chi connectivity index (χ1n) is 9.20. The standard InChI is InChI=1S/C20H20F3N3O4S/c1-12-8-13(2)19(14(3)9-12)31(29,30)24-18(20(21,22)23)11-25-7-6-15-4-5-16(26(27)28)10-17(15)25/h4-10,18,24H,11H2,1-3H3. The number of fused-ring (bicyclic) bond motifs is 1. The highest BCUT2D eigenvalue weighted by molar-refractivity contribution is 7.89. The molecule has 1 N–H and O–H groups in total. The molecule has 0 radical (unpaired) electrons. The Labute approximate surface area is 176 Å². The summed E-state index contributed by atoms with van der Waals surface area (Å²) in [6, 6.07) is 6.08. The second-order valence-electron chi connectivity index (χ2n) is 7.41. The van der Waals surface area contributed by atoms with Crippen LogP contribution in [0, 0.1) is 30.9 Å². The molecule has 0 spiro atoms. The van der Waals surface area contributed by atoms with Gasteiger partial charge in [0.2, 0.25) is 10.0 Å². The van der Waals surface area contributed by atoms with Gasteiger partial charge in [-0.25, -0.2) is 8.42 Å². The first kappa shape index (κ1) is 22.8. The molecule has 0 amide bonds. The van der Waals surface area contributed by atoms with E-state index in [4.69, 9.17) is 0 Å². The number of nitrogens with one attached hydrogen (secondary N) is 1. The molecular weight excluding hydrogens is 435 g/mol. The number of hydrogen-bond donors (Lipinski definition) is 1. The fourth-order valence-electron chi connectivity index (χ4n) is 3.69. The Balaban J connectivity index is 2.00. The van der Waals surface area contributed by atoms with Crippen LogP contribution in [-0.4, -0.2) is 30.1 Å². The van der Waals surface area contributed by atoms with Crippen molar-refractivity contribution in [3.05, 3.63) is 69.4 Å². The summed E-state index contributed by atoms with van der Waals surface area (Å²) in [5, 5.41) is 11.5. The molecule has 3 aromatic rings. The van der Waals surface area contributed by atoms with Gasteiger partial charge < -0.3 is 4.57 Å². The molecule has 0 saturated heterocycles. The van der Waals surface area contributed by atoms with Crippen molar-refractivity contribution in [2.75, 3.05) is 0 Å². The van der Waals surface area contributed by atoms with E-state index in [1.807, 2.05) is 0 Å². The molecule has 1 aromatic heterocycles. The lowest BCUT2D eigenvalue weighted by molar-refractivity contribution is -0.384. The Morgan fingerprint density at radius 2 is 1.71 bits per heavy atom. The summed E-state index contributed by atoms with van der Waals surface area (Å²) < 4.78 is 70.0. The highest BCUT2D eigenvalue weighted by Crippen LogP contribution is 2.28. The first-order chi connectivity index (χ1) is 14.3. The molecule has 31 heavy (non-hydrogen) atoms. The Bertz CT molecular complexity index is 1240. The van der Waals surface area contributed by atoms with Crippen molar-refractivity contribution in [2.24, 2.45) is 0 Å². The van der Waals surface area contributed by atoms with Gasteiger partial charge in [-0.15, -0.1) is 0 Å². The number of hydrogen-bond acceptors (Lipinski definition) is 4. The van der Waals surface area contributed by atoms with E-state index in [2.05, 4.69) is 0 Å². The maximum atomic E-state index is 13.8. The van der Waals surface area contributed by atoms with E-state index >= 15 is 0 Å². The number of aromatic nitrogens is 1. The number of halogens is 3. The van der Waals surface area contributed by atoms with Crippen LogP contribution in [0.4, 0.5) is 18.9 Å². The SMILES string of the molecule is Cc1cc(C)c(S(=O)(=O)NC(Cn2ccc3ccc([N+](=O)[O-])cc32)C(F)(F)F)c(C)c1. The van der Waals surface area contributed by atoms with Gasteiger partial charge in [-0.2, -0.15) is 17.9 Å². The molecular formula is C20H20F3N3O4S. The van der Waals surface area contributed by atoms with Gasteiger partial charge in [0.1, 0.15) is 6.04 Å². The highest BCUT2D eigenvalue weighted by Gasteiger charge is 2.43. The van der Waals surface area contributed by atoms with Crippen LogP contribution >= 0.6 is 0 Å². The predicted octanol–water partition coefficient (Wildman–Crippen LogP) is 4.38. The second kappa shape index (κ2) is 7.97. The van der Waals surface area contributed by atoms with Crippen molar-refractivity contribution in [3.63, 3.8) is 0 Å². The molecule has 0 bridgehead atoms. The summed E-state index contributed by atoms with van der Waals surface area (Å²) >= 11 is 0. The molecule has 0 fully saturated rings. The zero-order valence-corrected chi connectivity index (χ0v) is 17.7. The third-order valence-corrected chi connectivity index (χ3v) is 6.69. The Morgan fingerprint density at radius 3 is 2.26 bits per heavy atom. The Hall–Kier alpha value is -2.92. The minimum Gasteiger partial charge on any atom is -0.345 e. The maximum Gasteiger partial charge on any atom is 0.406 e. The van der Waals surface area contributed by atoms with Crippen LogP contribution < -0.4 is 4.72 Å². The van der Waals surface area contributed by atoms with Crippen molar-refractivity contribution >= 4 is 26.6 Å². The normalized spacial score (nSPS) is 13.5. The molecule has 0 saturated carbocycles. The van der Waals surface area contributed by atoms with Crippen molar-refractivity contribution in [1.82, 2.24) is 9.29 Å². The molecule has 166 valence electrons. The Morgan fingerprint density at radius 1 is 1.10 bits per heavy atom. The van der Waals surface area contributed by atoms with Gasteiger partial charge in [0.05, 0.1) is 15.3 Å². The van der Waals surface area contributed by atoms with Crippen LogP contribution in [0.1, 0.15) is 16.7 Å². The summed E-state index contributed by atoms with van der Waals surface area (Å²) in [5.74, 6) is 0. The van der Waals surface area contributed by atoms with Crippen LogP contribution in [0.15, 0.2) is 47.5 Å². The average molecular weight is 455 g/mol. The van der Waals surface area contributed by atoms with E-state index in [1.165, 1.54) is 38.2 Å². The topological polar surface area (TPSA) is 94.2 Å². The van der Waals surface area contributed by atoms with Gasteiger partial charge >= 0.3 is 6.18 Å². The van der Waals surface area contributed by atoms with E-state index in [-0.39, 0.29) is 16.1 Å². The van der Waals surface area contributed by atoms with Gasteiger partial charge in [-0.05, 0) is 44.0 Å². The molecule has 3 rings (SSSR count). The zero-order chi connectivity index (χ0) is 23.1. The Kier molecular flexibility index (Phi) is 5.85. The van der Waals surface area contributed by atoms with Gasteiger partial charge in [0.15, 0.2) is 0 Å². The van der Waals surface area contributed by atoms with Crippen LogP contribution in [-0.2, 0) is 16.6 Å². The van der Waals surface area contributed by atoms with Crippen LogP contribution in [0.2, 0.25) is 0 Å². The van der Waals surface area contributed by atoms with E-state index < -0.39 is 33.7 Å². The van der Waals surface area contributed by atoms with E-state index in [0.29, 0.717) is 16.5 Å². The molecule has 0 aliphatic rings. The summed E-state index contributed by atoms with van der Waals surface area (Å²) in [6.07, 6.45) is -3.55. The third kappa shape index (κ3) is 4.72. The molecule has 2 aromatic carbocycles. The number of alkyl halides is 3. The summed E-state index contributed by atoms with van der Waals surface area (Å²) in [5.41, 5.74) is 1.40. The van der Waals surface area contributed by atoms with Gasteiger partial charge in [0.25, 0.3) is 5.69 Å². The van der Waals surface area contributed by atoms with Crippen LogP contribution in [0.3, 0.4) is 0 Å². The summed E-state index contributed by atoms with van der Waals surface area (Å²) in [6.45, 7) is 4.03. The largest absolute Gasteiger partial charge is 0.406 e.